The first-order chi connectivity index (χ1) is 9.58. The summed E-state index contributed by atoms with van der Waals surface area (Å²) in [6.45, 7) is 6.94. The average molecular weight is 288 g/mol. The molecule has 4 heteroatoms. The molecule has 20 heavy (non-hydrogen) atoms. The number of rotatable bonds is 5. The van der Waals surface area contributed by atoms with Crippen molar-refractivity contribution >= 4 is 17.2 Å². The summed E-state index contributed by atoms with van der Waals surface area (Å²) in [7, 11) is 0. The number of nitrogens with one attached hydrogen (secondary N) is 1. The fraction of sp³-hybridized carbons (Fsp3) is 0.375. The summed E-state index contributed by atoms with van der Waals surface area (Å²) in [4.78, 5) is 17.5. The predicted molar refractivity (Wildman–Crippen MR) is 83.4 cm³/mol. The number of thiazole rings is 1. The van der Waals surface area contributed by atoms with E-state index in [4.69, 9.17) is 0 Å². The van der Waals surface area contributed by atoms with Crippen molar-refractivity contribution in [2.45, 2.75) is 33.1 Å². The fourth-order valence-corrected chi connectivity index (χ4v) is 2.76. The standard InChI is InChI=1S/C16H20N2OS/c1-11(2)13-4-6-14(7-5-13)16(19)17-9-8-15-12(3)18-10-20-15/h4-7,10-11H,8-9H2,1-3H3,(H,17,19). The van der Waals surface area contributed by atoms with Gasteiger partial charge in [0.2, 0.25) is 0 Å². The van der Waals surface area contributed by atoms with Crippen LogP contribution >= 0.6 is 11.3 Å². The third-order valence-corrected chi connectivity index (χ3v) is 4.32. The van der Waals surface area contributed by atoms with E-state index in [-0.39, 0.29) is 5.91 Å². The van der Waals surface area contributed by atoms with Crippen molar-refractivity contribution in [3.63, 3.8) is 0 Å². The van der Waals surface area contributed by atoms with E-state index < -0.39 is 0 Å². The molecule has 0 atom stereocenters. The van der Waals surface area contributed by atoms with Crippen LogP contribution in [-0.4, -0.2) is 17.4 Å². The SMILES string of the molecule is Cc1ncsc1CCNC(=O)c1ccc(C(C)C)cc1. The highest BCUT2D eigenvalue weighted by atomic mass is 32.1. The van der Waals surface area contributed by atoms with E-state index in [1.165, 1.54) is 10.4 Å². The maximum Gasteiger partial charge on any atom is 0.251 e. The monoisotopic (exact) mass is 288 g/mol. The zero-order valence-corrected chi connectivity index (χ0v) is 13.0. The van der Waals surface area contributed by atoms with Gasteiger partial charge in [-0.25, -0.2) is 4.98 Å². The van der Waals surface area contributed by atoms with E-state index in [0.29, 0.717) is 12.5 Å². The van der Waals surface area contributed by atoms with Gasteiger partial charge in [0.25, 0.3) is 5.91 Å². The number of aromatic nitrogens is 1. The predicted octanol–water partition coefficient (Wildman–Crippen LogP) is 3.55. The van der Waals surface area contributed by atoms with Gasteiger partial charge in [0.1, 0.15) is 0 Å². The van der Waals surface area contributed by atoms with E-state index >= 15 is 0 Å². The van der Waals surface area contributed by atoms with Crippen molar-refractivity contribution in [3.8, 4) is 0 Å². The summed E-state index contributed by atoms with van der Waals surface area (Å²) in [5.74, 6) is 0.476. The molecule has 106 valence electrons. The Hall–Kier alpha value is -1.68. The molecule has 0 aliphatic heterocycles. The molecular formula is C16H20N2OS. The van der Waals surface area contributed by atoms with Gasteiger partial charge in [0.05, 0.1) is 11.2 Å². The lowest BCUT2D eigenvalue weighted by Gasteiger charge is -2.07. The number of aryl methyl sites for hydroxylation is 1. The maximum atomic E-state index is 12.0. The van der Waals surface area contributed by atoms with Crippen LogP contribution in [0.2, 0.25) is 0 Å². The largest absolute Gasteiger partial charge is 0.352 e. The summed E-state index contributed by atoms with van der Waals surface area (Å²) in [5.41, 5.74) is 4.87. The summed E-state index contributed by atoms with van der Waals surface area (Å²) >= 11 is 1.64. The van der Waals surface area contributed by atoms with Crippen LogP contribution in [0.5, 0.6) is 0 Å². The van der Waals surface area contributed by atoms with Gasteiger partial charge < -0.3 is 5.32 Å². The number of carbonyl (C=O) groups is 1. The second kappa shape index (κ2) is 6.66. The van der Waals surface area contributed by atoms with E-state index in [1.54, 1.807) is 11.3 Å². The van der Waals surface area contributed by atoms with Gasteiger partial charge in [-0.3, -0.25) is 4.79 Å². The number of benzene rings is 1. The van der Waals surface area contributed by atoms with Crippen LogP contribution in [0.1, 0.15) is 46.3 Å². The number of hydrogen-bond donors (Lipinski definition) is 1. The number of hydrogen-bond acceptors (Lipinski definition) is 3. The molecule has 0 spiro atoms. The van der Waals surface area contributed by atoms with Crippen LogP contribution in [0.25, 0.3) is 0 Å². The van der Waals surface area contributed by atoms with Crippen LogP contribution in [-0.2, 0) is 6.42 Å². The molecule has 0 saturated heterocycles. The quantitative estimate of drug-likeness (QED) is 0.914. The molecule has 0 radical (unpaired) electrons. The molecule has 1 aromatic heterocycles. The Morgan fingerprint density at radius 2 is 2.00 bits per heavy atom. The second-order valence-electron chi connectivity index (χ2n) is 5.14. The lowest BCUT2D eigenvalue weighted by Crippen LogP contribution is -2.25. The number of carbonyl (C=O) groups excluding carboxylic acids is 1. The third kappa shape index (κ3) is 3.67. The molecule has 0 fully saturated rings. The summed E-state index contributed by atoms with van der Waals surface area (Å²) in [6.07, 6.45) is 0.840. The van der Waals surface area contributed by atoms with E-state index in [2.05, 4.69) is 24.1 Å². The Bertz CT molecular complexity index is 572. The maximum absolute atomic E-state index is 12.0. The molecule has 2 rings (SSSR count). The first-order valence-electron chi connectivity index (χ1n) is 6.85. The summed E-state index contributed by atoms with van der Waals surface area (Å²) < 4.78 is 0. The van der Waals surface area contributed by atoms with Crippen molar-refractivity contribution < 1.29 is 4.79 Å². The first kappa shape index (κ1) is 14.7. The first-order valence-corrected chi connectivity index (χ1v) is 7.73. The molecule has 1 N–H and O–H groups in total. The molecule has 0 unspecified atom stereocenters. The highest BCUT2D eigenvalue weighted by Gasteiger charge is 2.07. The van der Waals surface area contributed by atoms with E-state index in [0.717, 1.165) is 17.7 Å². The third-order valence-electron chi connectivity index (χ3n) is 3.32. The van der Waals surface area contributed by atoms with E-state index in [1.807, 2.05) is 36.7 Å². The lowest BCUT2D eigenvalue weighted by atomic mass is 10.0. The fourth-order valence-electron chi connectivity index (χ4n) is 1.98. The minimum Gasteiger partial charge on any atom is -0.352 e. The lowest BCUT2D eigenvalue weighted by molar-refractivity contribution is 0.0954. The molecule has 1 aromatic carbocycles. The van der Waals surface area contributed by atoms with Crippen molar-refractivity contribution in [1.82, 2.24) is 10.3 Å². The Labute approximate surface area is 124 Å². The Balaban J connectivity index is 1.87. The van der Waals surface area contributed by atoms with Crippen LogP contribution < -0.4 is 5.32 Å². The van der Waals surface area contributed by atoms with Crippen molar-refractivity contribution in [2.24, 2.45) is 0 Å². The molecule has 0 aliphatic rings. The van der Waals surface area contributed by atoms with Crippen LogP contribution in [0, 0.1) is 6.92 Å². The molecule has 3 nitrogen and oxygen atoms in total. The smallest absolute Gasteiger partial charge is 0.251 e. The minimum absolute atomic E-state index is 0.0116. The van der Waals surface area contributed by atoms with Gasteiger partial charge >= 0.3 is 0 Å². The normalized spacial score (nSPS) is 10.8. The van der Waals surface area contributed by atoms with E-state index in [9.17, 15) is 4.79 Å². The van der Waals surface area contributed by atoms with Crippen LogP contribution in [0.3, 0.4) is 0 Å². The summed E-state index contributed by atoms with van der Waals surface area (Å²) in [6, 6.07) is 7.82. The zero-order valence-electron chi connectivity index (χ0n) is 12.1. The van der Waals surface area contributed by atoms with Crippen molar-refractivity contribution in [3.05, 3.63) is 51.5 Å². The molecule has 0 aliphatic carbocycles. The van der Waals surface area contributed by atoms with Gasteiger partial charge in [0.15, 0.2) is 0 Å². The minimum atomic E-state index is -0.0116. The molecule has 0 bridgehead atoms. The van der Waals surface area contributed by atoms with Crippen LogP contribution in [0.15, 0.2) is 29.8 Å². The molecular weight excluding hydrogens is 268 g/mol. The molecule has 0 saturated carbocycles. The second-order valence-corrected chi connectivity index (χ2v) is 6.08. The molecule has 1 amide bonds. The van der Waals surface area contributed by atoms with Gasteiger partial charge in [0, 0.05) is 23.4 Å². The zero-order chi connectivity index (χ0) is 14.5. The van der Waals surface area contributed by atoms with Gasteiger partial charge in [-0.15, -0.1) is 11.3 Å². The Morgan fingerprint density at radius 1 is 1.30 bits per heavy atom. The number of nitrogens with zero attached hydrogens (tertiary/aromatic N) is 1. The Morgan fingerprint density at radius 3 is 2.55 bits per heavy atom. The van der Waals surface area contributed by atoms with Gasteiger partial charge in [-0.1, -0.05) is 26.0 Å². The van der Waals surface area contributed by atoms with Gasteiger partial charge in [-0.05, 0) is 30.5 Å². The molecule has 2 aromatic rings. The highest BCUT2D eigenvalue weighted by molar-refractivity contribution is 7.09. The summed E-state index contributed by atoms with van der Waals surface area (Å²) in [5, 5.41) is 2.95. The Kier molecular flexibility index (Phi) is 4.90. The van der Waals surface area contributed by atoms with Gasteiger partial charge in [-0.2, -0.15) is 0 Å². The average Bonchev–Trinajstić information content (AvgIpc) is 2.84. The molecule has 1 heterocycles. The van der Waals surface area contributed by atoms with Crippen LogP contribution in [0.4, 0.5) is 0 Å². The highest BCUT2D eigenvalue weighted by Crippen LogP contribution is 2.15. The van der Waals surface area contributed by atoms with Crippen molar-refractivity contribution in [1.29, 1.82) is 0 Å². The number of amides is 1. The van der Waals surface area contributed by atoms with Crippen molar-refractivity contribution in [2.75, 3.05) is 6.54 Å². The topological polar surface area (TPSA) is 42.0 Å².